The fourth-order valence-electron chi connectivity index (χ4n) is 3.58. The van der Waals surface area contributed by atoms with Crippen molar-refractivity contribution in [3.63, 3.8) is 0 Å². The molecule has 0 spiro atoms. The van der Waals surface area contributed by atoms with Gasteiger partial charge >= 0.3 is 0 Å². The van der Waals surface area contributed by atoms with E-state index in [0.29, 0.717) is 5.69 Å². The summed E-state index contributed by atoms with van der Waals surface area (Å²) in [6, 6.07) is 31.6. The number of rotatable bonds is 7. The van der Waals surface area contributed by atoms with Crippen LogP contribution in [0.1, 0.15) is 32.1 Å². The third-order valence-corrected chi connectivity index (χ3v) is 7.17. The molecule has 0 saturated carbocycles. The van der Waals surface area contributed by atoms with E-state index >= 15 is 0 Å². The van der Waals surface area contributed by atoms with Gasteiger partial charge in [0.15, 0.2) is 0 Å². The quantitative estimate of drug-likeness (QED) is 0.347. The van der Waals surface area contributed by atoms with Crippen LogP contribution in [0.15, 0.2) is 102 Å². The van der Waals surface area contributed by atoms with Crippen molar-refractivity contribution in [2.24, 2.45) is 0 Å². The van der Waals surface area contributed by atoms with Crippen LogP contribution in [0, 0.1) is 0 Å². The third kappa shape index (κ3) is 4.33. The molecule has 154 valence electrons. The first-order valence-corrected chi connectivity index (χ1v) is 11.7. The summed E-state index contributed by atoms with van der Waals surface area (Å²) in [5, 5.41) is 4.73. The summed E-state index contributed by atoms with van der Waals surface area (Å²) in [7, 11) is 1.62. The second-order valence-electron chi connectivity index (χ2n) is 6.84. The second-order valence-corrected chi connectivity index (χ2v) is 8.85. The maximum Gasteiger partial charge on any atom is 0.271 e. The molecule has 3 nitrogen and oxygen atoms in total. The molecule has 1 aromatic heterocycles. The standard InChI is InChI=1S/C26H22N2OS2/c1-27-25(29)24-23(30-19-28-24)17-18-31-26(20-11-5-2-6-12-20,21-13-7-3-8-14-21)22-15-9-4-10-16-22/h2-19H,1H3,(H,27,29). The predicted octanol–water partition coefficient (Wildman–Crippen LogP) is 6.20. The zero-order chi connectivity index (χ0) is 21.5. The molecule has 4 aromatic rings. The van der Waals surface area contributed by atoms with Crippen LogP contribution in [0.25, 0.3) is 6.08 Å². The summed E-state index contributed by atoms with van der Waals surface area (Å²) in [5.74, 6) is -0.175. The number of aromatic nitrogens is 1. The highest BCUT2D eigenvalue weighted by Crippen LogP contribution is 2.49. The fourth-order valence-corrected chi connectivity index (χ4v) is 5.57. The Bertz CT molecular complexity index is 1060. The molecule has 1 N–H and O–H groups in total. The molecule has 1 heterocycles. The molecule has 31 heavy (non-hydrogen) atoms. The average molecular weight is 443 g/mol. The molecule has 0 fully saturated rings. The molecule has 0 unspecified atom stereocenters. The van der Waals surface area contributed by atoms with Crippen LogP contribution in [0.3, 0.4) is 0 Å². The van der Waals surface area contributed by atoms with Gasteiger partial charge in [-0.3, -0.25) is 4.79 Å². The Morgan fingerprint density at radius 2 is 1.35 bits per heavy atom. The van der Waals surface area contributed by atoms with Crippen LogP contribution >= 0.6 is 23.1 Å². The highest BCUT2D eigenvalue weighted by Gasteiger charge is 2.36. The monoisotopic (exact) mass is 442 g/mol. The summed E-state index contributed by atoms with van der Waals surface area (Å²) in [5.41, 5.74) is 5.73. The van der Waals surface area contributed by atoms with Crippen molar-refractivity contribution in [2.45, 2.75) is 4.75 Å². The highest BCUT2D eigenvalue weighted by molar-refractivity contribution is 8.03. The van der Waals surface area contributed by atoms with Crippen molar-refractivity contribution < 1.29 is 4.79 Å². The Balaban J connectivity index is 1.83. The van der Waals surface area contributed by atoms with Gasteiger partial charge in [-0.1, -0.05) is 91.0 Å². The number of nitrogens with zero attached hydrogens (tertiary/aromatic N) is 1. The summed E-state index contributed by atoms with van der Waals surface area (Å²) < 4.78 is -0.432. The van der Waals surface area contributed by atoms with E-state index in [2.05, 4.69) is 88.5 Å². The molecule has 5 heteroatoms. The van der Waals surface area contributed by atoms with Crippen molar-refractivity contribution in [2.75, 3.05) is 7.05 Å². The summed E-state index contributed by atoms with van der Waals surface area (Å²) in [6.07, 6.45) is 1.98. The molecule has 3 aromatic carbocycles. The molecule has 0 atom stereocenters. The smallest absolute Gasteiger partial charge is 0.271 e. The van der Waals surface area contributed by atoms with Crippen LogP contribution in [0.4, 0.5) is 0 Å². The maximum absolute atomic E-state index is 12.1. The number of thioether (sulfide) groups is 1. The summed E-state index contributed by atoms with van der Waals surface area (Å²) in [6.45, 7) is 0. The zero-order valence-electron chi connectivity index (χ0n) is 17.1. The maximum atomic E-state index is 12.1. The Morgan fingerprint density at radius 1 is 0.871 bits per heavy atom. The van der Waals surface area contributed by atoms with Gasteiger partial charge in [-0.2, -0.15) is 0 Å². The second kappa shape index (κ2) is 9.77. The molecule has 4 rings (SSSR count). The van der Waals surface area contributed by atoms with Gasteiger partial charge in [-0.25, -0.2) is 4.98 Å². The van der Waals surface area contributed by atoms with Crippen molar-refractivity contribution in [3.8, 4) is 0 Å². The average Bonchev–Trinajstić information content (AvgIpc) is 3.32. The number of hydrogen-bond acceptors (Lipinski definition) is 4. The van der Waals surface area contributed by atoms with Gasteiger partial charge < -0.3 is 5.32 Å². The number of thiazole rings is 1. The van der Waals surface area contributed by atoms with E-state index in [1.165, 1.54) is 28.0 Å². The summed E-state index contributed by atoms with van der Waals surface area (Å²) >= 11 is 3.18. The minimum Gasteiger partial charge on any atom is -0.354 e. The van der Waals surface area contributed by atoms with E-state index in [1.807, 2.05) is 24.3 Å². The number of carbonyl (C=O) groups excluding carboxylic acids is 1. The van der Waals surface area contributed by atoms with E-state index in [-0.39, 0.29) is 5.91 Å². The lowest BCUT2D eigenvalue weighted by Gasteiger charge is -2.34. The van der Waals surface area contributed by atoms with E-state index in [9.17, 15) is 4.79 Å². The molecule has 0 bridgehead atoms. The van der Waals surface area contributed by atoms with Crippen molar-refractivity contribution in [3.05, 3.63) is 129 Å². The van der Waals surface area contributed by atoms with E-state index < -0.39 is 4.75 Å². The molecule has 0 radical (unpaired) electrons. The first-order chi connectivity index (χ1) is 15.3. The van der Waals surface area contributed by atoms with Gasteiger partial charge in [0.1, 0.15) is 5.69 Å². The Labute approximate surface area is 190 Å². The van der Waals surface area contributed by atoms with Gasteiger partial charge in [-0.05, 0) is 28.2 Å². The van der Waals surface area contributed by atoms with Gasteiger partial charge in [0, 0.05) is 7.05 Å². The lowest BCUT2D eigenvalue weighted by molar-refractivity contribution is 0.0958. The molecular weight excluding hydrogens is 420 g/mol. The Morgan fingerprint density at radius 3 is 1.81 bits per heavy atom. The van der Waals surface area contributed by atoms with Crippen LogP contribution < -0.4 is 5.32 Å². The van der Waals surface area contributed by atoms with Gasteiger partial charge in [-0.15, -0.1) is 23.1 Å². The van der Waals surface area contributed by atoms with E-state index in [0.717, 1.165) is 4.88 Å². The summed E-state index contributed by atoms with van der Waals surface area (Å²) in [4.78, 5) is 17.2. The predicted molar refractivity (Wildman–Crippen MR) is 131 cm³/mol. The lowest BCUT2D eigenvalue weighted by Crippen LogP contribution is -2.24. The van der Waals surface area contributed by atoms with Gasteiger partial charge in [0.2, 0.25) is 0 Å². The van der Waals surface area contributed by atoms with Crippen LogP contribution in [0.5, 0.6) is 0 Å². The Kier molecular flexibility index (Phi) is 6.65. The van der Waals surface area contributed by atoms with Crippen molar-refractivity contribution in [1.29, 1.82) is 0 Å². The number of benzene rings is 3. The molecular formula is C26H22N2OS2. The Hall–Kier alpha value is -3.15. The minimum atomic E-state index is -0.432. The SMILES string of the molecule is CNC(=O)c1ncsc1C=CSC(c1ccccc1)(c1ccccc1)c1ccccc1. The lowest BCUT2D eigenvalue weighted by atomic mass is 9.84. The topological polar surface area (TPSA) is 42.0 Å². The van der Waals surface area contributed by atoms with Gasteiger partial charge in [0.05, 0.1) is 15.1 Å². The van der Waals surface area contributed by atoms with Crippen LogP contribution in [-0.2, 0) is 4.75 Å². The zero-order valence-corrected chi connectivity index (χ0v) is 18.7. The first kappa shape index (κ1) is 21.1. The van der Waals surface area contributed by atoms with Crippen LogP contribution in [-0.4, -0.2) is 17.9 Å². The number of amides is 1. The van der Waals surface area contributed by atoms with Crippen molar-refractivity contribution in [1.82, 2.24) is 10.3 Å². The van der Waals surface area contributed by atoms with Crippen molar-refractivity contribution >= 4 is 35.1 Å². The molecule has 0 aliphatic rings. The van der Waals surface area contributed by atoms with Gasteiger partial charge in [0.25, 0.3) is 5.91 Å². The fraction of sp³-hybridized carbons (Fsp3) is 0.0769. The molecule has 0 saturated heterocycles. The molecule has 0 aliphatic carbocycles. The molecule has 0 aliphatic heterocycles. The number of hydrogen-bond donors (Lipinski definition) is 1. The van der Waals surface area contributed by atoms with E-state index in [1.54, 1.807) is 24.3 Å². The largest absolute Gasteiger partial charge is 0.354 e. The number of carbonyl (C=O) groups is 1. The van der Waals surface area contributed by atoms with Crippen LogP contribution in [0.2, 0.25) is 0 Å². The molecule has 1 amide bonds. The number of nitrogens with one attached hydrogen (secondary N) is 1. The third-order valence-electron chi connectivity index (χ3n) is 5.04. The minimum absolute atomic E-state index is 0.175. The van der Waals surface area contributed by atoms with E-state index in [4.69, 9.17) is 0 Å². The normalized spacial score (nSPS) is 11.5. The highest BCUT2D eigenvalue weighted by atomic mass is 32.2. The first-order valence-electron chi connectivity index (χ1n) is 9.92.